The molecule has 0 bridgehead atoms. The van der Waals surface area contributed by atoms with Crippen LogP contribution in [0.5, 0.6) is 0 Å². The fourth-order valence-electron chi connectivity index (χ4n) is 2.58. The Balaban J connectivity index is 1.89. The van der Waals surface area contributed by atoms with Crippen molar-refractivity contribution in [2.24, 2.45) is 5.73 Å². The Labute approximate surface area is 145 Å². The van der Waals surface area contributed by atoms with E-state index in [0.717, 1.165) is 16.7 Å². The Morgan fingerprint density at radius 2 is 1.56 bits per heavy atom. The van der Waals surface area contributed by atoms with Crippen LogP contribution in [0.1, 0.15) is 33.1 Å². The van der Waals surface area contributed by atoms with Crippen molar-refractivity contribution in [2.45, 2.75) is 12.6 Å². The lowest BCUT2D eigenvalue weighted by molar-refractivity contribution is 0.0943. The molecule has 25 heavy (non-hydrogen) atoms. The molecule has 4 nitrogen and oxygen atoms in total. The first-order valence-corrected chi connectivity index (χ1v) is 7.92. The van der Waals surface area contributed by atoms with Crippen molar-refractivity contribution in [3.8, 4) is 0 Å². The van der Waals surface area contributed by atoms with E-state index in [1.165, 1.54) is 12.1 Å². The molecular formula is C20H18FN3O. The number of hydrogen-bond acceptors (Lipinski definition) is 3. The van der Waals surface area contributed by atoms with Gasteiger partial charge in [-0.2, -0.15) is 0 Å². The standard InChI is InChI=1S/C20H18FN3O/c21-18-7-5-15(6-8-18)19(16-9-11-23-12-10-16)24-20(25)17-3-1-14(13-22)2-4-17/h1-12,19H,13,22H2,(H,24,25). The van der Waals surface area contributed by atoms with Gasteiger partial charge < -0.3 is 11.1 Å². The lowest BCUT2D eigenvalue weighted by Gasteiger charge is -2.20. The summed E-state index contributed by atoms with van der Waals surface area (Å²) < 4.78 is 13.2. The zero-order valence-electron chi connectivity index (χ0n) is 13.5. The molecule has 0 aliphatic heterocycles. The van der Waals surface area contributed by atoms with Crippen molar-refractivity contribution in [1.29, 1.82) is 0 Å². The van der Waals surface area contributed by atoms with E-state index in [0.29, 0.717) is 12.1 Å². The first-order valence-electron chi connectivity index (χ1n) is 7.92. The molecule has 1 unspecified atom stereocenters. The molecule has 0 radical (unpaired) electrons. The van der Waals surface area contributed by atoms with Crippen LogP contribution in [0.25, 0.3) is 0 Å². The molecule has 3 rings (SSSR count). The SMILES string of the molecule is NCc1ccc(C(=O)NC(c2ccncc2)c2ccc(F)cc2)cc1. The summed E-state index contributed by atoms with van der Waals surface area (Å²) in [7, 11) is 0. The van der Waals surface area contributed by atoms with Gasteiger partial charge in [0.15, 0.2) is 0 Å². The van der Waals surface area contributed by atoms with Gasteiger partial charge in [-0.15, -0.1) is 0 Å². The van der Waals surface area contributed by atoms with Crippen molar-refractivity contribution in [2.75, 3.05) is 0 Å². The third-order valence-corrected chi connectivity index (χ3v) is 3.97. The Kier molecular flexibility index (Phi) is 5.16. The molecule has 126 valence electrons. The molecular weight excluding hydrogens is 317 g/mol. The van der Waals surface area contributed by atoms with Crippen molar-refractivity contribution in [3.63, 3.8) is 0 Å². The van der Waals surface area contributed by atoms with Crippen LogP contribution in [0, 0.1) is 5.82 Å². The maximum absolute atomic E-state index is 13.2. The van der Waals surface area contributed by atoms with Crippen LogP contribution in [0.2, 0.25) is 0 Å². The Morgan fingerprint density at radius 3 is 2.16 bits per heavy atom. The zero-order valence-corrected chi connectivity index (χ0v) is 13.5. The monoisotopic (exact) mass is 335 g/mol. The molecule has 0 spiro atoms. The highest BCUT2D eigenvalue weighted by Crippen LogP contribution is 2.22. The van der Waals surface area contributed by atoms with Crippen molar-refractivity contribution in [1.82, 2.24) is 10.3 Å². The van der Waals surface area contributed by atoms with Crippen LogP contribution in [-0.4, -0.2) is 10.9 Å². The van der Waals surface area contributed by atoms with Gasteiger partial charge in [-0.25, -0.2) is 4.39 Å². The fourth-order valence-corrected chi connectivity index (χ4v) is 2.58. The largest absolute Gasteiger partial charge is 0.341 e. The molecule has 3 N–H and O–H groups in total. The molecule has 0 saturated carbocycles. The van der Waals surface area contributed by atoms with Gasteiger partial charge in [-0.05, 0) is 53.1 Å². The predicted octanol–water partition coefficient (Wildman–Crippen LogP) is 3.20. The minimum atomic E-state index is -0.398. The number of nitrogens with two attached hydrogens (primary N) is 1. The number of hydrogen-bond donors (Lipinski definition) is 2. The smallest absolute Gasteiger partial charge is 0.252 e. The number of carbonyl (C=O) groups excluding carboxylic acids is 1. The molecule has 1 atom stereocenters. The van der Waals surface area contributed by atoms with E-state index in [1.54, 1.807) is 36.7 Å². The van der Waals surface area contributed by atoms with E-state index in [-0.39, 0.29) is 11.7 Å². The van der Waals surface area contributed by atoms with E-state index < -0.39 is 6.04 Å². The van der Waals surface area contributed by atoms with Gasteiger partial charge in [0.2, 0.25) is 0 Å². The minimum Gasteiger partial charge on any atom is -0.341 e. The third kappa shape index (κ3) is 4.08. The van der Waals surface area contributed by atoms with Crippen LogP contribution in [0.4, 0.5) is 4.39 Å². The number of rotatable bonds is 5. The highest BCUT2D eigenvalue weighted by molar-refractivity contribution is 5.94. The summed E-state index contributed by atoms with van der Waals surface area (Å²) in [5.41, 5.74) is 8.74. The van der Waals surface area contributed by atoms with Crippen LogP contribution < -0.4 is 11.1 Å². The normalized spacial score (nSPS) is 11.8. The number of pyridine rings is 1. The zero-order chi connectivity index (χ0) is 17.6. The molecule has 0 fully saturated rings. The topological polar surface area (TPSA) is 68.0 Å². The quantitative estimate of drug-likeness (QED) is 0.752. The first kappa shape index (κ1) is 16.8. The van der Waals surface area contributed by atoms with E-state index >= 15 is 0 Å². The number of carbonyl (C=O) groups is 1. The molecule has 1 aromatic heterocycles. The van der Waals surface area contributed by atoms with Crippen molar-refractivity contribution >= 4 is 5.91 Å². The second-order valence-electron chi connectivity index (χ2n) is 5.64. The summed E-state index contributed by atoms with van der Waals surface area (Å²) in [5.74, 6) is -0.532. The minimum absolute atomic E-state index is 0.213. The number of aromatic nitrogens is 1. The number of benzene rings is 2. The number of halogens is 1. The molecule has 3 aromatic rings. The summed E-state index contributed by atoms with van der Waals surface area (Å²) in [6.07, 6.45) is 3.32. The van der Waals surface area contributed by atoms with Crippen molar-refractivity contribution in [3.05, 3.63) is 101 Å². The lowest BCUT2D eigenvalue weighted by atomic mass is 9.99. The van der Waals surface area contributed by atoms with Gasteiger partial charge in [0.05, 0.1) is 6.04 Å². The van der Waals surface area contributed by atoms with Gasteiger partial charge in [0.25, 0.3) is 5.91 Å². The maximum Gasteiger partial charge on any atom is 0.252 e. The third-order valence-electron chi connectivity index (χ3n) is 3.97. The molecule has 0 saturated heterocycles. The molecule has 0 aliphatic rings. The average molecular weight is 335 g/mol. The maximum atomic E-state index is 13.2. The Bertz CT molecular complexity index is 833. The summed E-state index contributed by atoms with van der Waals surface area (Å²) in [4.78, 5) is 16.6. The second-order valence-corrected chi connectivity index (χ2v) is 5.64. The molecule has 1 amide bonds. The number of nitrogens with zero attached hydrogens (tertiary/aromatic N) is 1. The van der Waals surface area contributed by atoms with Crippen molar-refractivity contribution < 1.29 is 9.18 Å². The Morgan fingerprint density at radius 1 is 0.960 bits per heavy atom. The Hall–Kier alpha value is -3.05. The van der Waals surface area contributed by atoms with Gasteiger partial charge >= 0.3 is 0 Å². The highest BCUT2D eigenvalue weighted by atomic mass is 19.1. The summed E-state index contributed by atoms with van der Waals surface area (Å²) >= 11 is 0. The van der Waals surface area contributed by atoms with E-state index in [1.807, 2.05) is 24.3 Å². The van der Waals surface area contributed by atoms with Crippen LogP contribution in [0.3, 0.4) is 0 Å². The first-order chi connectivity index (χ1) is 12.2. The van der Waals surface area contributed by atoms with Gasteiger partial charge in [-0.1, -0.05) is 24.3 Å². The summed E-state index contributed by atoms with van der Waals surface area (Å²) in [6, 6.07) is 16.5. The highest BCUT2D eigenvalue weighted by Gasteiger charge is 2.18. The van der Waals surface area contributed by atoms with Gasteiger partial charge in [-0.3, -0.25) is 9.78 Å². The summed E-state index contributed by atoms with van der Waals surface area (Å²) in [5, 5.41) is 3.00. The fraction of sp³-hybridized carbons (Fsp3) is 0.100. The van der Waals surface area contributed by atoms with Crippen LogP contribution in [-0.2, 0) is 6.54 Å². The van der Waals surface area contributed by atoms with Crippen LogP contribution in [0.15, 0.2) is 73.1 Å². The van der Waals surface area contributed by atoms with E-state index in [9.17, 15) is 9.18 Å². The van der Waals surface area contributed by atoms with E-state index in [4.69, 9.17) is 5.73 Å². The number of nitrogens with one attached hydrogen (secondary N) is 1. The molecule has 1 heterocycles. The molecule has 0 aliphatic carbocycles. The van der Waals surface area contributed by atoms with Crippen LogP contribution >= 0.6 is 0 Å². The summed E-state index contributed by atoms with van der Waals surface area (Å²) in [6.45, 7) is 0.428. The molecule has 5 heteroatoms. The van der Waals surface area contributed by atoms with E-state index in [2.05, 4.69) is 10.3 Å². The van der Waals surface area contributed by atoms with Gasteiger partial charge in [0.1, 0.15) is 5.82 Å². The lowest BCUT2D eigenvalue weighted by Crippen LogP contribution is -2.29. The number of amides is 1. The predicted molar refractivity (Wildman–Crippen MR) is 94.3 cm³/mol. The second kappa shape index (κ2) is 7.68. The molecule has 2 aromatic carbocycles. The van der Waals surface area contributed by atoms with Gasteiger partial charge in [0, 0.05) is 24.5 Å². The average Bonchev–Trinajstić information content (AvgIpc) is 2.67.